The molecule has 4 saturated carbocycles. The first-order valence-corrected chi connectivity index (χ1v) is 14.0. The monoisotopic (exact) mass is 524 g/mol. The molecule has 4 aliphatic carbocycles. The molecule has 2 amide bonds. The molecular weight excluding hydrogens is 491 g/mol. The lowest BCUT2D eigenvalue weighted by Crippen LogP contribution is -2.69. The summed E-state index contributed by atoms with van der Waals surface area (Å²) in [4.78, 5) is 32.6. The molecule has 5 aliphatic rings. The van der Waals surface area contributed by atoms with Gasteiger partial charge in [0.1, 0.15) is 5.82 Å². The number of halogens is 1. The zero-order valence-electron chi connectivity index (χ0n) is 22.0. The van der Waals surface area contributed by atoms with E-state index in [9.17, 15) is 14.0 Å². The zero-order valence-corrected chi connectivity index (χ0v) is 22.0. The van der Waals surface area contributed by atoms with Gasteiger partial charge in [-0.2, -0.15) is 0 Å². The summed E-state index contributed by atoms with van der Waals surface area (Å²) in [5.41, 5.74) is 4.28. The van der Waals surface area contributed by atoms with Crippen LogP contribution in [0.4, 0.5) is 4.39 Å². The van der Waals surface area contributed by atoms with Crippen molar-refractivity contribution in [3.05, 3.63) is 89.5 Å². The molecule has 4 bridgehead atoms. The number of fused-ring (bicyclic) bond motifs is 1. The van der Waals surface area contributed by atoms with Crippen LogP contribution in [0.3, 0.4) is 0 Å². The van der Waals surface area contributed by atoms with Crippen LogP contribution in [-0.2, 0) is 17.9 Å². The Labute approximate surface area is 228 Å². The summed E-state index contributed by atoms with van der Waals surface area (Å²) in [6.07, 6.45) is 9.76. The number of hydrogen-bond acceptors (Lipinski definition) is 4. The fraction of sp³-hybridized carbons (Fsp3) is 0.406. The topological polar surface area (TPSA) is 74.3 Å². The Hall–Kier alpha value is -3.58. The van der Waals surface area contributed by atoms with Gasteiger partial charge in [-0.05, 0) is 103 Å². The van der Waals surface area contributed by atoms with E-state index in [1.165, 1.54) is 18.6 Å². The summed E-state index contributed by atoms with van der Waals surface area (Å²) < 4.78 is 13.6. The summed E-state index contributed by atoms with van der Waals surface area (Å²) in [5.74, 6) is 0.880. The number of benzene rings is 2. The molecule has 2 unspecified atom stereocenters. The minimum absolute atomic E-state index is 0.0250. The molecule has 6 nitrogen and oxygen atoms in total. The third-order valence-electron chi connectivity index (χ3n) is 9.44. The Morgan fingerprint density at radius 2 is 1.67 bits per heavy atom. The van der Waals surface area contributed by atoms with Crippen LogP contribution < -0.4 is 10.6 Å². The Bertz CT molecular complexity index is 1410. The van der Waals surface area contributed by atoms with E-state index in [4.69, 9.17) is 0 Å². The summed E-state index contributed by atoms with van der Waals surface area (Å²) in [5, 5.41) is 7.15. The number of carbonyl (C=O) groups excluding carboxylic acids is 2. The number of aromatic nitrogens is 1. The molecule has 200 valence electrons. The van der Waals surface area contributed by atoms with Gasteiger partial charge >= 0.3 is 0 Å². The van der Waals surface area contributed by atoms with Crippen molar-refractivity contribution >= 4 is 11.8 Å². The van der Waals surface area contributed by atoms with E-state index in [1.807, 2.05) is 47.5 Å². The van der Waals surface area contributed by atoms with Crippen molar-refractivity contribution in [3.8, 4) is 11.1 Å². The maximum Gasteiger partial charge on any atom is 0.251 e. The number of rotatable bonds is 6. The summed E-state index contributed by atoms with van der Waals surface area (Å²) in [6, 6.07) is 16.4. The molecule has 4 fully saturated rings. The fourth-order valence-corrected chi connectivity index (χ4v) is 8.19. The average Bonchev–Trinajstić information content (AvgIpc) is 3.35. The predicted molar refractivity (Wildman–Crippen MR) is 146 cm³/mol. The minimum atomic E-state index is -0.258. The average molecular weight is 525 g/mol. The molecule has 3 aromatic rings. The highest BCUT2D eigenvalue weighted by Crippen LogP contribution is 2.57. The highest BCUT2D eigenvalue weighted by molar-refractivity contribution is 5.95. The Morgan fingerprint density at radius 1 is 0.923 bits per heavy atom. The molecule has 0 saturated heterocycles. The lowest BCUT2D eigenvalue weighted by Gasteiger charge is -2.62. The molecule has 2 aromatic carbocycles. The second-order valence-electron chi connectivity index (χ2n) is 12.3. The lowest BCUT2D eigenvalue weighted by atomic mass is 9.50. The van der Waals surface area contributed by atoms with Crippen molar-refractivity contribution in [1.29, 1.82) is 0 Å². The molecule has 8 rings (SSSR count). The summed E-state index contributed by atoms with van der Waals surface area (Å²) in [7, 11) is 0. The smallest absolute Gasteiger partial charge is 0.251 e. The number of pyridine rings is 1. The number of hydrogen-bond donors (Lipinski definition) is 2. The number of nitrogens with zero attached hydrogens (tertiary/aromatic N) is 2. The van der Waals surface area contributed by atoms with E-state index < -0.39 is 0 Å². The molecule has 2 heterocycles. The van der Waals surface area contributed by atoms with Gasteiger partial charge in [-0.25, -0.2) is 4.39 Å². The van der Waals surface area contributed by atoms with Crippen molar-refractivity contribution in [2.75, 3.05) is 6.54 Å². The van der Waals surface area contributed by atoms with Gasteiger partial charge in [0.15, 0.2) is 0 Å². The second kappa shape index (κ2) is 9.26. The summed E-state index contributed by atoms with van der Waals surface area (Å²) in [6.45, 7) is 1.27. The van der Waals surface area contributed by atoms with Crippen LogP contribution >= 0.6 is 0 Å². The van der Waals surface area contributed by atoms with E-state index in [-0.39, 0.29) is 35.3 Å². The minimum Gasteiger partial charge on any atom is -0.347 e. The van der Waals surface area contributed by atoms with Gasteiger partial charge in [-0.1, -0.05) is 24.3 Å². The maximum atomic E-state index is 13.6. The quantitative estimate of drug-likeness (QED) is 0.484. The SMILES string of the molecule is O=C(NC12C[C@@H]3C[C@@H](CC(NCC(=O)N4Cc5ccc(F)cc5C4)(C3)C1)C2)c1ccc(-c2cccnc2)cc1. The van der Waals surface area contributed by atoms with Crippen LogP contribution in [0.25, 0.3) is 11.1 Å². The largest absolute Gasteiger partial charge is 0.347 e. The second-order valence-corrected chi connectivity index (χ2v) is 12.3. The Morgan fingerprint density at radius 3 is 2.41 bits per heavy atom. The Balaban J connectivity index is 1.02. The summed E-state index contributed by atoms with van der Waals surface area (Å²) >= 11 is 0. The number of carbonyl (C=O) groups is 2. The van der Waals surface area contributed by atoms with E-state index in [0.717, 1.165) is 54.4 Å². The van der Waals surface area contributed by atoms with Crippen LogP contribution in [0.2, 0.25) is 0 Å². The van der Waals surface area contributed by atoms with Gasteiger partial charge in [0.25, 0.3) is 5.91 Å². The van der Waals surface area contributed by atoms with Gasteiger partial charge in [0.2, 0.25) is 5.91 Å². The van der Waals surface area contributed by atoms with Crippen LogP contribution in [-0.4, -0.2) is 39.3 Å². The molecule has 2 N–H and O–H groups in total. The normalized spacial score (nSPS) is 28.4. The first-order valence-electron chi connectivity index (χ1n) is 14.0. The highest BCUT2D eigenvalue weighted by Gasteiger charge is 2.58. The van der Waals surface area contributed by atoms with E-state index in [0.29, 0.717) is 30.5 Å². The van der Waals surface area contributed by atoms with E-state index >= 15 is 0 Å². The van der Waals surface area contributed by atoms with Crippen molar-refractivity contribution in [2.45, 2.75) is 62.7 Å². The third kappa shape index (κ3) is 4.63. The van der Waals surface area contributed by atoms with Crippen molar-refractivity contribution in [3.63, 3.8) is 0 Å². The van der Waals surface area contributed by atoms with Gasteiger partial charge in [0, 0.05) is 42.1 Å². The first-order chi connectivity index (χ1) is 18.9. The fourth-order valence-electron chi connectivity index (χ4n) is 8.19. The zero-order chi connectivity index (χ0) is 26.6. The number of nitrogens with one attached hydrogen (secondary N) is 2. The van der Waals surface area contributed by atoms with Crippen LogP contribution in [0, 0.1) is 17.7 Å². The molecule has 0 radical (unpaired) electrons. The van der Waals surface area contributed by atoms with Crippen LogP contribution in [0.5, 0.6) is 0 Å². The third-order valence-corrected chi connectivity index (χ3v) is 9.44. The van der Waals surface area contributed by atoms with Crippen molar-refractivity contribution < 1.29 is 14.0 Å². The maximum absolute atomic E-state index is 13.6. The molecular formula is C32H33FN4O2. The molecule has 1 aromatic heterocycles. The molecule has 7 heteroatoms. The van der Waals surface area contributed by atoms with Crippen molar-refractivity contribution in [2.24, 2.45) is 11.8 Å². The first kappa shape index (κ1) is 24.5. The lowest BCUT2D eigenvalue weighted by molar-refractivity contribution is -0.132. The van der Waals surface area contributed by atoms with Gasteiger partial charge in [-0.3, -0.25) is 14.6 Å². The Kier molecular flexibility index (Phi) is 5.81. The molecule has 39 heavy (non-hydrogen) atoms. The van der Waals surface area contributed by atoms with Gasteiger partial charge in [0.05, 0.1) is 6.54 Å². The van der Waals surface area contributed by atoms with E-state index in [2.05, 4.69) is 15.6 Å². The van der Waals surface area contributed by atoms with Gasteiger partial charge in [-0.15, -0.1) is 0 Å². The van der Waals surface area contributed by atoms with Crippen molar-refractivity contribution in [1.82, 2.24) is 20.5 Å². The van der Waals surface area contributed by atoms with Gasteiger partial charge < -0.3 is 15.5 Å². The molecule has 1 aliphatic heterocycles. The molecule has 0 spiro atoms. The molecule has 4 atom stereocenters. The standard InChI is InChI=1S/C32H33FN4O2/c33-28-8-7-26-18-37(19-27(26)11-28)29(38)17-35-31-12-21-10-22(13-31)15-32(14-21,20-31)36-30(39)24-5-3-23(4-6-24)25-2-1-9-34-16-25/h1-9,11,16,21-22,35H,10,12-15,17-20H2,(H,36,39)/t21-,22+,31?,32?. The van der Waals surface area contributed by atoms with Crippen LogP contribution in [0.15, 0.2) is 67.0 Å². The predicted octanol–water partition coefficient (Wildman–Crippen LogP) is 4.84. The van der Waals surface area contributed by atoms with Crippen LogP contribution in [0.1, 0.15) is 60.0 Å². The highest BCUT2D eigenvalue weighted by atomic mass is 19.1. The van der Waals surface area contributed by atoms with E-state index in [1.54, 1.807) is 12.3 Å². The number of amides is 2.